The number of hydrogen-bond donors (Lipinski definition) is 1. The van der Waals surface area contributed by atoms with Crippen LogP contribution in [0, 0.1) is 0 Å². The van der Waals surface area contributed by atoms with E-state index >= 15 is 0 Å². The van der Waals surface area contributed by atoms with E-state index in [9.17, 15) is 0 Å². The molecule has 0 radical (unpaired) electrons. The molecule has 0 bridgehead atoms. The van der Waals surface area contributed by atoms with E-state index in [0.29, 0.717) is 0 Å². The molecule has 100 valence electrons. The molecular weight excluding hydrogens is 230 g/mol. The van der Waals surface area contributed by atoms with Crippen molar-refractivity contribution in [1.82, 2.24) is 19.7 Å². The highest BCUT2D eigenvalue weighted by Gasteiger charge is 2.20. The summed E-state index contributed by atoms with van der Waals surface area (Å²) in [6.07, 6.45) is 4.09. The maximum atomic E-state index is 6.03. The first-order valence-corrected chi connectivity index (χ1v) is 6.83. The molecule has 3 heterocycles. The Morgan fingerprint density at radius 2 is 2.17 bits per heavy atom. The third-order valence-electron chi connectivity index (χ3n) is 3.72. The fourth-order valence-electron chi connectivity index (χ4n) is 2.62. The van der Waals surface area contributed by atoms with Crippen molar-refractivity contribution >= 4 is 0 Å². The van der Waals surface area contributed by atoms with Gasteiger partial charge in [-0.1, -0.05) is 0 Å². The average Bonchev–Trinajstić information content (AvgIpc) is 2.82. The highest BCUT2D eigenvalue weighted by atomic mass is 16.5. The van der Waals surface area contributed by atoms with E-state index in [1.165, 1.54) is 0 Å². The van der Waals surface area contributed by atoms with Crippen molar-refractivity contribution in [3.05, 3.63) is 11.6 Å². The van der Waals surface area contributed by atoms with Crippen LogP contribution >= 0.6 is 0 Å². The summed E-state index contributed by atoms with van der Waals surface area (Å²) in [6.45, 7) is 4.75. The fourth-order valence-corrected chi connectivity index (χ4v) is 2.62. The second-order valence-corrected chi connectivity index (χ2v) is 5.05. The van der Waals surface area contributed by atoms with Crippen LogP contribution < -0.4 is 5.73 Å². The van der Waals surface area contributed by atoms with E-state index in [1.54, 1.807) is 0 Å². The van der Waals surface area contributed by atoms with E-state index < -0.39 is 0 Å². The third kappa shape index (κ3) is 2.55. The van der Waals surface area contributed by atoms with Gasteiger partial charge in [0.25, 0.3) is 0 Å². The number of aryl methyl sites for hydroxylation is 1. The Labute approximate surface area is 107 Å². The van der Waals surface area contributed by atoms with Crippen molar-refractivity contribution in [2.45, 2.75) is 31.8 Å². The van der Waals surface area contributed by atoms with Crippen LogP contribution in [0.1, 0.15) is 30.7 Å². The van der Waals surface area contributed by atoms with Gasteiger partial charge in [0, 0.05) is 32.5 Å². The maximum absolute atomic E-state index is 6.03. The maximum Gasteiger partial charge on any atom is 0.152 e. The number of fused-ring (bicyclic) bond motifs is 1. The molecule has 3 rings (SSSR count). The predicted molar refractivity (Wildman–Crippen MR) is 67.1 cm³/mol. The minimum absolute atomic E-state index is 0.0263. The lowest BCUT2D eigenvalue weighted by Crippen LogP contribution is -2.37. The minimum atomic E-state index is 0.0263. The van der Waals surface area contributed by atoms with Gasteiger partial charge in [-0.3, -0.25) is 4.90 Å². The van der Waals surface area contributed by atoms with E-state index in [4.69, 9.17) is 10.5 Å². The molecule has 0 saturated carbocycles. The van der Waals surface area contributed by atoms with Gasteiger partial charge in [0.15, 0.2) is 5.82 Å². The van der Waals surface area contributed by atoms with E-state index in [1.807, 2.05) is 4.68 Å². The van der Waals surface area contributed by atoms with E-state index in [-0.39, 0.29) is 6.17 Å². The van der Waals surface area contributed by atoms with Gasteiger partial charge >= 0.3 is 0 Å². The summed E-state index contributed by atoms with van der Waals surface area (Å²) in [5.41, 5.74) is 6.03. The molecule has 2 aliphatic rings. The Bertz CT molecular complexity index is 399. The Hall–Kier alpha value is -0.980. The van der Waals surface area contributed by atoms with Crippen LogP contribution in [0.4, 0.5) is 0 Å². The fraction of sp³-hybridized carbons (Fsp3) is 0.833. The molecule has 1 unspecified atom stereocenters. The summed E-state index contributed by atoms with van der Waals surface area (Å²) in [5, 5.41) is 4.54. The topological polar surface area (TPSA) is 69.2 Å². The molecule has 1 aromatic heterocycles. The molecule has 1 saturated heterocycles. The van der Waals surface area contributed by atoms with E-state index in [0.717, 1.165) is 70.2 Å². The minimum Gasteiger partial charge on any atom is -0.379 e. The Morgan fingerprint density at radius 1 is 1.33 bits per heavy atom. The summed E-state index contributed by atoms with van der Waals surface area (Å²) in [6, 6.07) is 0. The van der Waals surface area contributed by atoms with Crippen LogP contribution in [-0.2, 0) is 17.6 Å². The Balaban J connectivity index is 1.59. The van der Waals surface area contributed by atoms with E-state index in [2.05, 4.69) is 15.0 Å². The first-order chi connectivity index (χ1) is 8.83. The molecule has 6 nitrogen and oxygen atoms in total. The lowest BCUT2D eigenvalue weighted by atomic mass is 10.1. The Morgan fingerprint density at radius 3 is 2.94 bits per heavy atom. The predicted octanol–water partition coefficient (Wildman–Crippen LogP) is -0.0536. The summed E-state index contributed by atoms with van der Waals surface area (Å²) >= 11 is 0. The molecule has 1 atom stereocenters. The van der Waals surface area contributed by atoms with Crippen LogP contribution in [0.2, 0.25) is 0 Å². The number of nitrogens with zero attached hydrogens (tertiary/aromatic N) is 4. The molecule has 1 fully saturated rings. The van der Waals surface area contributed by atoms with Gasteiger partial charge in [0.2, 0.25) is 0 Å². The summed E-state index contributed by atoms with van der Waals surface area (Å²) in [4.78, 5) is 7.01. The number of morpholine rings is 1. The summed E-state index contributed by atoms with van der Waals surface area (Å²) < 4.78 is 7.25. The molecule has 6 heteroatoms. The second kappa shape index (κ2) is 5.34. The average molecular weight is 251 g/mol. The van der Waals surface area contributed by atoms with Crippen LogP contribution in [0.15, 0.2) is 0 Å². The zero-order chi connectivity index (χ0) is 12.4. The summed E-state index contributed by atoms with van der Waals surface area (Å²) in [5.74, 6) is 2.00. The number of ether oxygens (including phenoxy) is 1. The van der Waals surface area contributed by atoms with Crippen LogP contribution in [0.25, 0.3) is 0 Å². The second-order valence-electron chi connectivity index (χ2n) is 5.05. The standard InChI is InChI=1S/C12H21N5O/c13-10-2-1-3-12-14-11(15-17(10)12)4-5-16-6-8-18-9-7-16/h10H,1-9,13H2. The van der Waals surface area contributed by atoms with Gasteiger partial charge in [-0.15, -0.1) is 0 Å². The van der Waals surface area contributed by atoms with Gasteiger partial charge in [-0.25, -0.2) is 9.67 Å². The molecular formula is C12H21N5O. The Kier molecular flexibility index (Phi) is 3.58. The number of aromatic nitrogens is 3. The van der Waals surface area contributed by atoms with Crippen molar-refractivity contribution in [2.24, 2.45) is 5.73 Å². The number of hydrogen-bond acceptors (Lipinski definition) is 5. The zero-order valence-corrected chi connectivity index (χ0v) is 10.7. The van der Waals surface area contributed by atoms with Crippen LogP contribution in [-0.4, -0.2) is 52.5 Å². The highest BCUT2D eigenvalue weighted by Crippen LogP contribution is 2.18. The largest absolute Gasteiger partial charge is 0.379 e. The lowest BCUT2D eigenvalue weighted by molar-refractivity contribution is 0.0382. The molecule has 18 heavy (non-hydrogen) atoms. The molecule has 2 aliphatic heterocycles. The van der Waals surface area contributed by atoms with Gasteiger partial charge < -0.3 is 10.5 Å². The van der Waals surface area contributed by atoms with Gasteiger partial charge in [-0.2, -0.15) is 5.10 Å². The van der Waals surface area contributed by atoms with Gasteiger partial charge in [-0.05, 0) is 12.8 Å². The van der Waals surface area contributed by atoms with Crippen molar-refractivity contribution in [1.29, 1.82) is 0 Å². The van der Waals surface area contributed by atoms with Crippen LogP contribution in [0.3, 0.4) is 0 Å². The highest BCUT2D eigenvalue weighted by molar-refractivity contribution is 4.98. The normalized spacial score (nSPS) is 25.1. The zero-order valence-electron chi connectivity index (χ0n) is 10.7. The molecule has 0 aromatic carbocycles. The first kappa shape index (κ1) is 12.1. The molecule has 0 aliphatic carbocycles. The van der Waals surface area contributed by atoms with Crippen molar-refractivity contribution < 1.29 is 4.74 Å². The summed E-state index contributed by atoms with van der Waals surface area (Å²) in [7, 11) is 0. The van der Waals surface area contributed by atoms with Crippen molar-refractivity contribution in [2.75, 3.05) is 32.8 Å². The van der Waals surface area contributed by atoms with Crippen LogP contribution in [0.5, 0.6) is 0 Å². The molecule has 1 aromatic rings. The number of nitrogens with two attached hydrogens (primary N) is 1. The lowest BCUT2D eigenvalue weighted by Gasteiger charge is -2.25. The number of rotatable bonds is 3. The third-order valence-corrected chi connectivity index (χ3v) is 3.72. The van der Waals surface area contributed by atoms with Gasteiger partial charge in [0.1, 0.15) is 12.0 Å². The monoisotopic (exact) mass is 251 g/mol. The molecule has 2 N–H and O–H groups in total. The molecule has 0 amide bonds. The quantitative estimate of drug-likeness (QED) is 0.815. The smallest absolute Gasteiger partial charge is 0.152 e. The first-order valence-electron chi connectivity index (χ1n) is 6.83. The van der Waals surface area contributed by atoms with Crippen molar-refractivity contribution in [3.8, 4) is 0 Å². The molecule has 0 spiro atoms. The van der Waals surface area contributed by atoms with Gasteiger partial charge in [0.05, 0.1) is 13.2 Å². The SMILES string of the molecule is NC1CCCc2nc(CCN3CCOCC3)nn21. The van der Waals surface area contributed by atoms with Crippen molar-refractivity contribution in [3.63, 3.8) is 0 Å².